The molecule has 4 rings (SSSR count). The van der Waals surface area contributed by atoms with Crippen molar-refractivity contribution >= 4 is 17.5 Å². The summed E-state index contributed by atoms with van der Waals surface area (Å²) < 4.78 is 50.9. The second-order valence-corrected chi connectivity index (χ2v) is 7.85. The summed E-state index contributed by atoms with van der Waals surface area (Å²) in [5.74, 6) is -0.600. The van der Waals surface area contributed by atoms with Crippen LogP contribution in [0, 0.1) is 11.3 Å². The molecule has 3 aromatic rings. The minimum atomic E-state index is -4.65. The van der Waals surface area contributed by atoms with Crippen molar-refractivity contribution in [1.29, 1.82) is 5.26 Å². The van der Waals surface area contributed by atoms with E-state index in [9.17, 15) is 23.2 Å². The fourth-order valence-electron chi connectivity index (χ4n) is 3.44. The number of hydrogen-bond donors (Lipinski definition) is 0. The molecule has 3 heterocycles. The number of rotatable bonds is 5. The van der Waals surface area contributed by atoms with Gasteiger partial charge in [-0.1, -0.05) is 11.6 Å². The molecule has 2 aromatic heterocycles. The number of benzene rings is 1. The molecule has 0 radical (unpaired) electrons. The number of aromatic nitrogens is 3. The third-order valence-corrected chi connectivity index (χ3v) is 5.65. The summed E-state index contributed by atoms with van der Waals surface area (Å²) in [7, 11) is 1.50. The van der Waals surface area contributed by atoms with Crippen LogP contribution in [-0.2, 0) is 13.1 Å². The molecule has 1 aromatic carbocycles. The van der Waals surface area contributed by atoms with Crippen LogP contribution in [0.25, 0.3) is 5.69 Å². The molecular formula is C22H17ClF3N5O3. The van der Waals surface area contributed by atoms with Gasteiger partial charge in [-0.05, 0) is 25.1 Å². The summed E-state index contributed by atoms with van der Waals surface area (Å²) in [5, 5.41) is 13.5. The second kappa shape index (κ2) is 8.87. The Balaban J connectivity index is 1.61. The molecule has 1 aliphatic rings. The Morgan fingerprint density at radius 2 is 2.06 bits per heavy atom. The van der Waals surface area contributed by atoms with E-state index in [0.29, 0.717) is 17.3 Å². The maximum Gasteiger partial charge on any atom is 0.425 e. The van der Waals surface area contributed by atoms with E-state index < -0.39 is 18.2 Å². The predicted molar refractivity (Wildman–Crippen MR) is 114 cm³/mol. The van der Waals surface area contributed by atoms with Gasteiger partial charge < -0.3 is 14.4 Å². The van der Waals surface area contributed by atoms with Crippen LogP contribution in [0.2, 0.25) is 5.02 Å². The lowest BCUT2D eigenvalue weighted by atomic mass is 10.1. The summed E-state index contributed by atoms with van der Waals surface area (Å²) >= 11 is 6.24. The van der Waals surface area contributed by atoms with Crippen molar-refractivity contribution in [2.24, 2.45) is 0 Å². The van der Waals surface area contributed by atoms with Crippen LogP contribution in [0.5, 0.6) is 11.6 Å². The molecule has 1 atom stereocenters. The van der Waals surface area contributed by atoms with Crippen LogP contribution in [0.4, 0.5) is 13.2 Å². The van der Waals surface area contributed by atoms with E-state index in [1.807, 2.05) is 6.07 Å². The minimum Gasteiger partial charge on any atom is -0.481 e. The van der Waals surface area contributed by atoms with Crippen molar-refractivity contribution in [1.82, 2.24) is 19.7 Å². The Morgan fingerprint density at radius 1 is 1.29 bits per heavy atom. The van der Waals surface area contributed by atoms with Crippen molar-refractivity contribution < 1.29 is 27.4 Å². The number of amides is 1. The molecule has 12 heteroatoms. The molecule has 0 fully saturated rings. The number of nitrogens with zero attached hydrogens (tertiary/aromatic N) is 5. The topological polar surface area (TPSA) is 93.3 Å². The Morgan fingerprint density at radius 3 is 2.71 bits per heavy atom. The van der Waals surface area contributed by atoms with Gasteiger partial charge in [-0.2, -0.15) is 23.5 Å². The van der Waals surface area contributed by atoms with Gasteiger partial charge in [0.25, 0.3) is 5.91 Å². The van der Waals surface area contributed by atoms with E-state index in [2.05, 4.69) is 10.1 Å². The Labute approximate surface area is 197 Å². The lowest BCUT2D eigenvalue weighted by molar-refractivity contribution is -0.189. The lowest BCUT2D eigenvalue weighted by Crippen LogP contribution is -2.33. The van der Waals surface area contributed by atoms with Gasteiger partial charge >= 0.3 is 6.18 Å². The molecule has 8 nitrogen and oxygen atoms in total. The number of halogens is 4. The number of carbonyl (C=O) groups is 1. The van der Waals surface area contributed by atoms with Gasteiger partial charge in [0.05, 0.1) is 35.6 Å². The zero-order valence-electron chi connectivity index (χ0n) is 17.9. The van der Waals surface area contributed by atoms with Crippen LogP contribution < -0.4 is 9.47 Å². The average molecular weight is 492 g/mol. The van der Waals surface area contributed by atoms with Gasteiger partial charge in [0.1, 0.15) is 17.4 Å². The molecule has 0 spiro atoms. The van der Waals surface area contributed by atoms with E-state index in [1.165, 1.54) is 18.1 Å². The highest BCUT2D eigenvalue weighted by atomic mass is 35.5. The van der Waals surface area contributed by atoms with E-state index in [1.54, 1.807) is 29.2 Å². The zero-order chi connectivity index (χ0) is 24.6. The van der Waals surface area contributed by atoms with Gasteiger partial charge in [-0.25, -0.2) is 9.67 Å². The number of hydrogen-bond acceptors (Lipinski definition) is 6. The normalized spacial score (nSPS) is 13.9. The number of fused-ring (bicyclic) bond motifs is 1. The zero-order valence-corrected chi connectivity index (χ0v) is 18.7. The fourth-order valence-corrected chi connectivity index (χ4v) is 3.72. The van der Waals surface area contributed by atoms with Crippen molar-refractivity contribution in [2.75, 3.05) is 7.11 Å². The van der Waals surface area contributed by atoms with Crippen LogP contribution >= 0.6 is 11.6 Å². The number of carbonyl (C=O) groups excluding carboxylic acids is 1. The Bertz CT molecular complexity index is 1280. The van der Waals surface area contributed by atoms with Crippen molar-refractivity contribution in [2.45, 2.75) is 32.3 Å². The first-order valence-corrected chi connectivity index (χ1v) is 10.3. The molecule has 1 aliphatic heterocycles. The molecule has 0 aliphatic carbocycles. The first-order valence-electron chi connectivity index (χ1n) is 9.95. The van der Waals surface area contributed by atoms with E-state index in [-0.39, 0.29) is 35.0 Å². The minimum absolute atomic E-state index is 0.0502. The highest BCUT2D eigenvalue weighted by molar-refractivity contribution is 6.35. The average Bonchev–Trinajstić information content (AvgIpc) is 3.38. The van der Waals surface area contributed by atoms with E-state index in [4.69, 9.17) is 21.1 Å². The van der Waals surface area contributed by atoms with Crippen LogP contribution in [0.15, 0.2) is 36.7 Å². The SMILES string of the molecule is COc1cc(-n2cc3c(n2)CN(C(=O)c2c(OC(C)C(F)(F)F)ccc(C#N)c2Cl)C3)ccn1. The van der Waals surface area contributed by atoms with Crippen LogP contribution in [0.1, 0.15) is 34.1 Å². The number of alkyl halides is 3. The van der Waals surface area contributed by atoms with Crippen LogP contribution in [-0.4, -0.2) is 45.0 Å². The summed E-state index contributed by atoms with van der Waals surface area (Å²) in [6.07, 6.45) is -3.51. The highest BCUT2D eigenvalue weighted by Gasteiger charge is 2.39. The van der Waals surface area contributed by atoms with Gasteiger partial charge in [-0.3, -0.25) is 4.79 Å². The summed E-state index contributed by atoms with van der Waals surface area (Å²) in [6.45, 7) is 1.07. The third-order valence-electron chi connectivity index (χ3n) is 5.26. The predicted octanol–water partition coefficient (Wildman–Crippen LogP) is 4.29. The monoisotopic (exact) mass is 491 g/mol. The molecule has 1 unspecified atom stereocenters. The van der Waals surface area contributed by atoms with Crippen molar-refractivity contribution in [3.05, 3.63) is 64.1 Å². The van der Waals surface area contributed by atoms with Gasteiger partial charge in [-0.15, -0.1) is 0 Å². The van der Waals surface area contributed by atoms with Crippen molar-refractivity contribution in [3.8, 4) is 23.4 Å². The smallest absolute Gasteiger partial charge is 0.425 e. The molecule has 0 bridgehead atoms. The second-order valence-electron chi connectivity index (χ2n) is 7.48. The fraction of sp³-hybridized carbons (Fsp3) is 0.273. The summed E-state index contributed by atoms with van der Waals surface area (Å²) in [4.78, 5) is 18.7. The Kier molecular flexibility index (Phi) is 6.10. The molecule has 176 valence electrons. The number of methoxy groups -OCH3 is 1. The van der Waals surface area contributed by atoms with Gasteiger partial charge in [0, 0.05) is 30.6 Å². The molecule has 0 saturated heterocycles. The third kappa shape index (κ3) is 4.36. The molecule has 0 saturated carbocycles. The molecular weight excluding hydrogens is 475 g/mol. The number of nitriles is 1. The molecule has 34 heavy (non-hydrogen) atoms. The quantitative estimate of drug-likeness (QED) is 0.528. The maximum absolute atomic E-state index is 13.3. The number of pyridine rings is 1. The van der Waals surface area contributed by atoms with E-state index in [0.717, 1.165) is 18.6 Å². The summed E-state index contributed by atoms with van der Waals surface area (Å²) in [6, 6.07) is 7.62. The highest BCUT2D eigenvalue weighted by Crippen LogP contribution is 2.36. The first kappa shape index (κ1) is 23.4. The number of ether oxygens (including phenoxy) is 2. The van der Waals surface area contributed by atoms with Crippen molar-refractivity contribution in [3.63, 3.8) is 0 Å². The summed E-state index contributed by atoms with van der Waals surface area (Å²) in [5.41, 5.74) is 1.73. The standard InChI is InChI=1S/C22H17ClF3N5O3/c1-12(22(24,25)26)34-17-4-3-13(8-27)20(23)19(17)21(32)30-9-14-10-31(29-16(14)11-30)15-5-6-28-18(7-15)33-2/h3-7,10,12H,9,11H2,1-2H3. The van der Waals surface area contributed by atoms with E-state index >= 15 is 0 Å². The largest absolute Gasteiger partial charge is 0.481 e. The molecule has 0 N–H and O–H groups in total. The van der Waals surface area contributed by atoms with Gasteiger partial charge in [0.2, 0.25) is 5.88 Å². The first-order chi connectivity index (χ1) is 16.1. The lowest BCUT2D eigenvalue weighted by Gasteiger charge is -2.23. The molecule has 1 amide bonds. The van der Waals surface area contributed by atoms with Gasteiger partial charge in [0.15, 0.2) is 6.10 Å². The maximum atomic E-state index is 13.3. The Hall–Kier alpha value is -3.78. The van der Waals surface area contributed by atoms with Crippen LogP contribution in [0.3, 0.4) is 0 Å².